The molecule has 3 amide bonds. The van der Waals surface area contributed by atoms with Crippen molar-refractivity contribution in [3.05, 3.63) is 59.1 Å². The maximum Gasteiger partial charge on any atom is 0.573 e. The van der Waals surface area contributed by atoms with Gasteiger partial charge in [-0.25, -0.2) is 4.90 Å². The molecule has 0 bridgehead atoms. The molecule has 2 aromatic rings. The molecule has 1 aliphatic heterocycles. The number of carbonyl (C=O) groups is 3. The Morgan fingerprint density at radius 3 is 2.10 bits per heavy atom. The van der Waals surface area contributed by atoms with Crippen LogP contribution in [0.3, 0.4) is 0 Å². The molecular weight excluding hydrogens is 413 g/mol. The first-order valence-corrected chi connectivity index (χ1v) is 8.47. The zero-order chi connectivity index (χ0) is 21.3. The molecule has 3 rings (SSSR count). The normalized spacial score (nSPS) is 14.4. The Balaban J connectivity index is 1.86. The van der Waals surface area contributed by atoms with Crippen LogP contribution in [0.25, 0.3) is 5.57 Å². The molecule has 1 aliphatic rings. The van der Waals surface area contributed by atoms with Gasteiger partial charge in [-0.05, 0) is 42.0 Å². The highest BCUT2D eigenvalue weighted by Crippen LogP contribution is 2.36. The van der Waals surface area contributed by atoms with E-state index in [0.717, 1.165) is 29.2 Å². The van der Waals surface area contributed by atoms with Gasteiger partial charge in [0.25, 0.3) is 11.8 Å². The Labute approximate surface area is 167 Å². The Hall–Kier alpha value is -3.33. The van der Waals surface area contributed by atoms with Gasteiger partial charge in [0.15, 0.2) is 0 Å². The molecule has 1 heterocycles. The van der Waals surface area contributed by atoms with Crippen LogP contribution in [-0.2, 0) is 14.4 Å². The molecule has 0 saturated heterocycles. The maximum atomic E-state index is 12.8. The minimum atomic E-state index is -4.86. The molecule has 10 heteroatoms. The van der Waals surface area contributed by atoms with E-state index in [-0.39, 0.29) is 22.2 Å². The second-order valence-corrected chi connectivity index (χ2v) is 6.31. The van der Waals surface area contributed by atoms with Crippen molar-refractivity contribution in [1.29, 1.82) is 0 Å². The fraction of sp³-hybridized carbons (Fsp3) is 0.105. The Morgan fingerprint density at radius 1 is 1.00 bits per heavy atom. The molecule has 0 aromatic heterocycles. The van der Waals surface area contributed by atoms with Crippen LogP contribution in [0.1, 0.15) is 12.5 Å². The molecule has 29 heavy (non-hydrogen) atoms. The molecule has 0 saturated carbocycles. The zero-order valence-corrected chi connectivity index (χ0v) is 15.5. The number of carbonyl (C=O) groups excluding carboxylic acids is 3. The lowest BCUT2D eigenvalue weighted by atomic mass is 10.1. The third-order valence-corrected chi connectivity index (χ3v) is 4.20. The Morgan fingerprint density at radius 2 is 1.59 bits per heavy atom. The molecule has 0 unspecified atom stereocenters. The second kappa shape index (κ2) is 7.59. The summed E-state index contributed by atoms with van der Waals surface area (Å²) in [6, 6.07) is 10.4. The molecule has 0 aliphatic carbocycles. The quantitative estimate of drug-likeness (QED) is 0.751. The van der Waals surface area contributed by atoms with Gasteiger partial charge in [0, 0.05) is 12.6 Å². The van der Waals surface area contributed by atoms with Crippen LogP contribution in [0, 0.1) is 0 Å². The highest BCUT2D eigenvalue weighted by atomic mass is 35.5. The average molecular weight is 425 g/mol. The van der Waals surface area contributed by atoms with Gasteiger partial charge in [-0.15, -0.1) is 13.2 Å². The van der Waals surface area contributed by atoms with E-state index in [2.05, 4.69) is 10.1 Å². The second-order valence-electron chi connectivity index (χ2n) is 5.93. The molecule has 0 fully saturated rings. The van der Waals surface area contributed by atoms with Gasteiger partial charge in [0.2, 0.25) is 5.91 Å². The lowest BCUT2D eigenvalue weighted by molar-refractivity contribution is -0.274. The summed E-state index contributed by atoms with van der Waals surface area (Å²) in [6.07, 6.45) is -4.86. The zero-order valence-electron chi connectivity index (χ0n) is 14.7. The molecule has 0 atom stereocenters. The number of alkyl halides is 3. The number of hydrogen-bond donors (Lipinski definition) is 1. The van der Waals surface area contributed by atoms with Crippen LogP contribution >= 0.6 is 11.6 Å². The summed E-state index contributed by atoms with van der Waals surface area (Å²) in [5.41, 5.74) is 0.827. The Bertz CT molecular complexity index is 1020. The van der Waals surface area contributed by atoms with Gasteiger partial charge in [0.1, 0.15) is 10.8 Å². The first-order valence-electron chi connectivity index (χ1n) is 8.09. The topological polar surface area (TPSA) is 75.7 Å². The molecule has 1 N–H and O–H groups in total. The summed E-state index contributed by atoms with van der Waals surface area (Å²) in [5.74, 6) is -2.29. The summed E-state index contributed by atoms with van der Waals surface area (Å²) in [7, 11) is 0. The van der Waals surface area contributed by atoms with E-state index in [1.807, 2.05) is 0 Å². The summed E-state index contributed by atoms with van der Waals surface area (Å²) in [5, 5.41) is 2.25. The van der Waals surface area contributed by atoms with Crippen molar-refractivity contribution in [2.45, 2.75) is 13.3 Å². The minimum absolute atomic E-state index is 0.0394. The number of nitrogens with one attached hydrogen (secondary N) is 1. The number of amides is 3. The number of rotatable bonds is 4. The van der Waals surface area contributed by atoms with Crippen LogP contribution in [0.2, 0.25) is 0 Å². The number of anilines is 2. The smallest absolute Gasteiger partial charge is 0.406 e. The SMILES string of the molecule is CC(=O)Nc1ccc(C2=C(Cl)C(=O)N(c3ccc(OC(F)(F)F)cc3)C2=O)cc1. The largest absolute Gasteiger partial charge is 0.573 e. The lowest BCUT2D eigenvalue weighted by Gasteiger charge is -2.16. The summed E-state index contributed by atoms with van der Waals surface area (Å²) < 4.78 is 40.6. The highest BCUT2D eigenvalue weighted by Gasteiger charge is 2.39. The van der Waals surface area contributed by atoms with E-state index in [9.17, 15) is 27.6 Å². The number of benzene rings is 2. The third-order valence-electron chi connectivity index (χ3n) is 3.85. The average Bonchev–Trinajstić information content (AvgIpc) is 2.84. The molecular formula is C19H12ClF3N2O4. The van der Waals surface area contributed by atoms with Crippen LogP contribution in [0.5, 0.6) is 5.75 Å². The van der Waals surface area contributed by atoms with Crippen molar-refractivity contribution in [2.75, 3.05) is 10.2 Å². The maximum absolute atomic E-state index is 12.8. The highest BCUT2D eigenvalue weighted by molar-refractivity contribution is 6.60. The fourth-order valence-electron chi connectivity index (χ4n) is 2.71. The van der Waals surface area contributed by atoms with Crippen LogP contribution in [0.15, 0.2) is 53.6 Å². The van der Waals surface area contributed by atoms with Crippen molar-refractivity contribution >= 4 is 46.3 Å². The monoisotopic (exact) mass is 424 g/mol. The Kier molecular flexibility index (Phi) is 5.34. The summed E-state index contributed by atoms with van der Waals surface area (Å²) in [4.78, 5) is 37.1. The minimum Gasteiger partial charge on any atom is -0.406 e. The number of hydrogen-bond acceptors (Lipinski definition) is 4. The van der Waals surface area contributed by atoms with E-state index in [4.69, 9.17) is 11.6 Å². The number of ether oxygens (including phenoxy) is 1. The van der Waals surface area contributed by atoms with Crippen molar-refractivity contribution in [2.24, 2.45) is 0 Å². The van der Waals surface area contributed by atoms with Crippen LogP contribution < -0.4 is 15.0 Å². The van der Waals surface area contributed by atoms with Gasteiger partial charge in [-0.2, -0.15) is 0 Å². The molecule has 0 spiro atoms. The molecule has 0 radical (unpaired) electrons. The van der Waals surface area contributed by atoms with Gasteiger partial charge >= 0.3 is 6.36 Å². The van der Waals surface area contributed by atoms with Crippen molar-refractivity contribution in [3.63, 3.8) is 0 Å². The van der Waals surface area contributed by atoms with Gasteiger partial charge < -0.3 is 10.1 Å². The number of imide groups is 1. The van der Waals surface area contributed by atoms with Crippen LogP contribution in [-0.4, -0.2) is 24.1 Å². The lowest BCUT2D eigenvalue weighted by Crippen LogP contribution is -2.31. The third kappa shape index (κ3) is 4.40. The predicted octanol–water partition coefficient (Wildman–Crippen LogP) is 4.07. The van der Waals surface area contributed by atoms with Crippen molar-refractivity contribution in [1.82, 2.24) is 0 Å². The van der Waals surface area contributed by atoms with E-state index >= 15 is 0 Å². The van der Waals surface area contributed by atoms with Gasteiger partial charge in [-0.3, -0.25) is 14.4 Å². The fourth-order valence-corrected chi connectivity index (χ4v) is 2.98. The van der Waals surface area contributed by atoms with E-state index in [0.29, 0.717) is 11.3 Å². The van der Waals surface area contributed by atoms with E-state index in [1.165, 1.54) is 31.2 Å². The first kappa shape index (κ1) is 20.4. The summed E-state index contributed by atoms with van der Waals surface area (Å²) >= 11 is 6.07. The number of nitrogens with zero attached hydrogens (tertiary/aromatic N) is 1. The van der Waals surface area contributed by atoms with Crippen molar-refractivity contribution in [3.8, 4) is 5.75 Å². The molecule has 150 valence electrons. The van der Waals surface area contributed by atoms with Gasteiger partial charge in [0.05, 0.1) is 11.3 Å². The van der Waals surface area contributed by atoms with Gasteiger partial charge in [-0.1, -0.05) is 23.7 Å². The van der Waals surface area contributed by atoms with E-state index in [1.54, 1.807) is 0 Å². The molecule has 6 nitrogen and oxygen atoms in total. The number of halogens is 4. The van der Waals surface area contributed by atoms with Crippen LogP contribution in [0.4, 0.5) is 24.5 Å². The molecule has 2 aromatic carbocycles. The van der Waals surface area contributed by atoms with Crippen molar-refractivity contribution < 1.29 is 32.3 Å². The first-order chi connectivity index (χ1) is 13.6. The van der Waals surface area contributed by atoms with E-state index < -0.39 is 23.9 Å². The summed E-state index contributed by atoms with van der Waals surface area (Å²) in [6.45, 7) is 1.34. The predicted molar refractivity (Wildman–Crippen MR) is 99.1 cm³/mol. The standard InChI is InChI=1S/C19H12ClF3N2O4/c1-10(26)24-12-4-2-11(3-5-12)15-16(20)18(28)25(17(15)27)13-6-8-14(9-7-13)29-19(21,22)23/h2-9H,1H3,(H,24,26).